The summed E-state index contributed by atoms with van der Waals surface area (Å²) < 4.78 is 5.23. The molecule has 5 nitrogen and oxygen atoms in total. The Morgan fingerprint density at radius 1 is 1.50 bits per heavy atom. The molecule has 1 N–H and O–H groups in total. The number of amides is 1. The number of carbonyl (C=O) groups is 1. The fourth-order valence-electron chi connectivity index (χ4n) is 2.63. The Morgan fingerprint density at radius 2 is 2.17 bits per heavy atom. The maximum Gasteiger partial charge on any atom is 0.243 e. The van der Waals surface area contributed by atoms with Crippen LogP contribution in [-0.4, -0.2) is 48.3 Å². The van der Waals surface area contributed by atoms with Gasteiger partial charge in [-0.2, -0.15) is 5.26 Å². The molecular weight excluding hydrogens is 232 g/mol. The number of aliphatic hydroxyl groups excluding tert-OH is 1. The highest BCUT2D eigenvalue weighted by Gasteiger charge is 2.44. The lowest BCUT2D eigenvalue weighted by atomic mass is 9.79. The smallest absolute Gasteiger partial charge is 0.243 e. The number of β-amino-alcohol motifs (C(OH)–C–C–N with tert-alkyl or cyclic N) is 1. The maximum absolute atomic E-state index is 12.5. The second kappa shape index (κ2) is 5.25. The minimum atomic E-state index is -0.932. The molecule has 2 atom stereocenters. The highest BCUT2D eigenvalue weighted by molar-refractivity contribution is 5.85. The monoisotopic (exact) mass is 252 g/mol. The summed E-state index contributed by atoms with van der Waals surface area (Å²) in [5, 5.41) is 19.2. The molecule has 0 aliphatic carbocycles. The Balaban J connectivity index is 2.08. The fourth-order valence-corrected chi connectivity index (χ4v) is 2.63. The molecule has 0 aromatic carbocycles. The van der Waals surface area contributed by atoms with Gasteiger partial charge in [-0.15, -0.1) is 0 Å². The minimum absolute atomic E-state index is 0.126. The molecule has 2 rings (SSSR count). The van der Waals surface area contributed by atoms with Gasteiger partial charge in [0.05, 0.1) is 12.2 Å². The molecule has 100 valence electrons. The van der Waals surface area contributed by atoms with Gasteiger partial charge < -0.3 is 14.7 Å². The van der Waals surface area contributed by atoms with Gasteiger partial charge >= 0.3 is 0 Å². The SMILES string of the molecule is CC1CCN(C(=O)C2(C#N)CCOCC2)CC1O. The summed E-state index contributed by atoms with van der Waals surface area (Å²) in [7, 11) is 0. The largest absolute Gasteiger partial charge is 0.391 e. The van der Waals surface area contributed by atoms with Crippen LogP contribution in [0.15, 0.2) is 0 Å². The number of nitriles is 1. The van der Waals surface area contributed by atoms with Crippen LogP contribution in [0.5, 0.6) is 0 Å². The van der Waals surface area contributed by atoms with E-state index < -0.39 is 11.5 Å². The van der Waals surface area contributed by atoms with Crippen LogP contribution in [0.1, 0.15) is 26.2 Å². The van der Waals surface area contributed by atoms with Gasteiger partial charge in [0, 0.05) is 26.3 Å². The molecule has 1 amide bonds. The quantitative estimate of drug-likeness (QED) is 0.739. The number of ether oxygens (including phenoxy) is 1. The molecule has 0 bridgehead atoms. The normalized spacial score (nSPS) is 31.7. The Morgan fingerprint density at radius 3 is 2.72 bits per heavy atom. The highest BCUT2D eigenvalue weighted by Crippen LogP contribution is 2.33. The molecule has 0 aromatic rings. The van der Waals surface area contributed by atoms with E-state index in [0.717, 1.165) is 6.42 Å². The fraction of sp³-hybridized carbons (Fsp3) is 0.846. The van der Waals surface area contributed by atoms with E-state index in [1.807, 2.05) is 6.92 Å². The summed E-state index contributed by atoms with van der Waals surface area (Å²) in [5.74, 6) is 0.0982. The second-order valence-corrected chi connectivity index (χ2v) is 5.39. The second-order valence-electron chi connectivity index (χ2n) is 5.39. The third-order valence-electron chi connectivity index (χ3n) is 4.18. The molecule has 0 radical (unpaired) electrons. The van der Waals surface area contributed by atoms with E-state index in [1.165, 1.54) is 0 Å². The number of hydrogen-bond acceptors (Lipinski definition) is 4. The minimum Gasteiger partial charge on any atom is -0.391 e. The van der Waals surface area contributed by atoms with Crippen LogP contribution in [0.3, 0.4) is 0 Å². The van der Waals surface area contributed by atoms with Crippen LogP contribution in [-0.2, 0) is 9.53 Å². The first-order valence-corrected chi connectivity index (χ1v) is 6.55. The summed E-state index contributed by atoms with van der Waals surface area (Å²) in [6, 6.07) is 2.19. The third-order valence-corrected chi connectivity index (χ3v) is 4.18. The predicted molar refractivity (Wildman–Crippen MR) is 64.5 cm³/mol. The van der Waals surface area contributed by atoms with Gasteiger partial charge in [-0.05, 0) is 25.2 Å². The van der Waals surface area contributed by atoms with E-state index in [9.17, 15) is 15.2 Å². The molecule has 2 aliphatic rings. The van der Waals surface area contributed by atoms with Crippen molar-refractivity contribution in [3.05, 3.63) is 0 Å². The first kappa shape index (κ1) is 13.3. The Kier molecular flexibility index (Phi) is 3.88. The Hall–Kier alpha value is -1.12. The van der Waals surface area contributed by atoms with Crippen LogP contribution in [0.4, 0.5) is 0 Å². The lowest BCUT2D eigenvalue weighted by Gasteiger charge is -2.39. The van der Waals surface area contributed by atoms with Gasteiger partial charge in [-0.25, -0.2) is 0 Å². The zero-order valence-corrected chi connectivity index (χ0v) is 10.8. The van der Waals surface area contributed by atoms with Crippen LogP contribution in [0.2, 0.25) is 0 Å². The summed E-state index contributed by atoms with van der Waals surface area (Å²) >= 11 is 0. The highest BCUT2D eigenvalue weighted by atomic mass is 16.5. The van der Waals surface area contributed by atoms with Crippen LogP contribution in [0, 0.1) is 22.7 Å². The average molecular weight is 252 g/mol. The average Bonchev–Trinajstić information content (AvgIpc) is 2.42. The molecular formula is C13H20N2O3. The van der Waals surface area contributed by atoms with Gasteiger partial charge in [0.25, 0.3) is 0 Å². The molecule has 2 aliphatic heterocycles. The first-order valence-electron chi connectivity index (χ1n) is 6.55. The van der Waals surface area contributed by atoms with E-state index in [-0.39, 0.29) is 11.8 Å². The molecule has 2 heterocycles. The third kappa shape index (κ3) is 2.36. The van der Waals surface area contributed by atoms with E-state index in [1.54, 1.807) is 4.90 Å². The maximum atomic E-state index is 12.5. The molecule has 2 unspecified atom stereocenters. The van der Waals surface area contributed by atoms with Crippen LogP contribution in [0.25, 0.3) is 0 Å². The Bertz CT molecular complexity index is 358. The number of rotatable bonds is 1. The summed E-state index contributed by atoms with van der Waals surface area (Å²) in [5.41, 5.74) is -0.932. The number of likely N-dealkylation sites (tertiary alicyclic amines) is 1. The summed E-state index contributed by atoms with van der Waals surface area (Å²) in [6.45, 7) is 3.91. The van der Waals surface area contributed by atoms with Gasteiger partial charge in [-0.3, -0.25) is 4.79 Å². The van der Waals surface area contributed by atoms with E-state index >= 15 is 0 Å². The molecule has 18 heavy (non-hydrogen) atoms. The number of aliphatic hydroxyl groups is 1. The number of piperidine rings is 1. The zero-order chi connectivity index (χ0) is 13.2. The molecule has 0 aromatic heterocycles. The standard InChI is InChI=1S/C13H20N2O3/c1-10-2-5-15(8-11(10)16)12(17)13(9-14)3-6-18-7-4-13/h10-11,16H,2-8H2,1H3. The lowest BCUT2D eigenvalue weighted by molar-refractivity contribution is -0.147. The first-order chi connectivity index (χ1) is 8.59. The van der Waals surface area contributed by atoms with Crippen molar-refractivity contribution in [2.75, 3.05) is 26.3 Å². The zero-order valence-electron chi connectivity index (χ0n) is 10.8. The van der Waals surface area contributed by atoms with Gasteiger partial charge in [-0.1, -0.05) is 6.92 Å². The van der Waals surface area contributed by atoms with Crippen LogP contribution >= 0.6 is 0 Å². The predicted octanol–water partition coefficient (Wildman–Crippen LogP) is 0.536. The number of nitrogens with zero attached hydrogens (tertiary/aromatic N) is 2. The topological polar surface area (TPSA) is 73.6 Å². The van der Waals surface area contributed by atoms with E-state index in [2.05, 4.69) is 6.07 Å². The summed E-state index contributed by atoms with van der Waals surface area (Å²) in [4.78, 5) is 14.1. The molecule has 2 fully saturated rings. The lowest BCUT2D eigenvalue weighted by Crippen LogP contribution is -2.52. The molecule has 5 heteroatoms. The van der Waals surface area contributed by atoms with Crippen molar-refractivity contribution in [3.63, 3.8) is 0 Å². The van der Waals surface area contributed by atoms with Crippen molar-refractivity contribution in [1.82, 2.24) is 4.90 Å². The van der Waals surface area contributed by atoms with Crippen molar-refractivity contribution in [3.8, 4) is 6.07 Å². The van der Waals surface area contributed by atoms with E-state index in [0.29, 0.717) is 39.1 Å². The number of hydrogen-bond donors (Lipinski definition) is 1. The molecule has 2 saturated heterocycles. The van der Waals surface area contributed by atoms with Crippen LogP contribution < -0.4 is 0 Å². The summed E-state index contributed by atoms with van der Waals surface area (Å²) in [6.07, 6.45) is 1.25. The van der Waals surface area contributed by atoms with Crippen molar-refractivity contribution in [2.24, 2.45) is 11.3 Å². The van der Waals surface area contributed by atoms with Crippen molar-refractivity contribution >= 4 is 5.91 Å². The van der Waals surface area contributed by atoms with Gasteiger partial charge in [0.15, 0.2) is 0 Å². The molecule has 0 spiro atoms. The van der Waals surface area contributed by atoms with Gasteiger partial charge in [0.2, 0.25) is 5.91 Å². The van der Waals surface area contributed by atoms with Gasteiger partial charge in [0.1, 0.15) is 5.41 Å². The van der Waals surface area contributed by atoms with Crippen molar-refractivity contribution < 1.29 is 14.6 Å². The number of carbonyl (C=O) groups excluding carboxylic acids is 1. The van der Waals surface area contributed by atoms with Crippen molar-refractivity contribution in [2.45, 2.75) is 32.3 Å². The molecule has 0 saturated carbocycles. The Labute approximate surface area is 107 Å². The van der Waals surface area contributed by atoms with E-state index in [4.69, 9.17) is 4.74 Å². The van der Waals surface area contributed by atoms with Crippen molar-refractivity contribution in [1.29, 1.82) is 5.26 Å².